The molecule has 4 rings (SSSR count). The number of aryl methyl sites for hydroxylation is 2. The lowest BCUT2D eigenvalue weighted by Crippen LogP contribution is -2.49. The minimum atomic E-state index is -0.217. The number of hydrogen-bond donors (Lipinski definition) is 0. The summed E-state index contributed by atoms with van der Waals surface area (Å²) < 4.78 is 6.31. The molecular weight excluding hydrogens is 322 g/mol. The first-order valence-corrected chi connectivity index (χ1v) is 9.01. The minimum Gasteiger partial charge on any atom is -0.367 e. The van der Waals surface area contributed by atoms with Crippen LogP contribution in [-0.4, -0.2) is 29.7 Å². The third kappa shape index (κ3) is 2.49. The van der Waals surface area contributed by atoms with Crippen molar-refractivity contribution in [3.8, 4) is 0 Å². The van der Waals surface area contributed by atoms with Gasteiger partial charge in [0.15, 0.2) is 0 Å². The molecule has 1 aromatic heterocycles. The van der Waals surface area contributed by atoms with Gasteiger partial charge in [-0.3, -0.25) is 0 Å². The van der Waals surface area contributed by atoms with Gasteiger partial charge in [-0.15, -0.1) is 0 Å². The Bertz CT molecular complexity index is 775. The number of morpholine rings is 1. The Kier molecular flexibility index (Phi) is 3.97. The summed E-state index contributed by atoms with van der Waals surface area (Å²) in [4.78, 5) is 11.5. The van der Waals surface area contributed by atoms with E-state index in [4.69, 9.17) is 21.3 Å². The van der Waals surface area contributed by atoms with Crippen LogP contribution >= 0.6 is 11.6 Å². The summed E-state index contributed by atoms with van der Waals surface area (Å²) in [5, 5.41) is 0.559. The average Bonchev–Trinajstić information content (AvgIpc) is 2.96. The fraction of sp³-hybridized carbons (Fsp3) is 0.474. The number of fused-ring (bicyclic) bond motifs is 2. The molecule has 0 bridgehead atoms. The van der Waals surface area contributed by atoms with Gasteiger partial charge in [0.2, 0.25) is 0 Å². The lowest BCUT2D eigenvalue weighted by Gasteiger charge is -2.42. The maximum absolute atomic E-state index is 6.34. The van der Waals surface area contributed by atoms with Gasteiger partial charge in [-0.1, -0.05) is 42.8 Å². The van der Waals surface area contributed by atoms with Gasteiger partial charge in [0.25, 0.3) is 0 Å². The molecule has 0 radical (unpaired) electrons. The fourth-order valence-corrected chi connectivity index (χ4v) is 4.10. The van der Waals surface area contributed by atoms with Gasteiger partial charge < -0.3 is 9.64 Å². The molecule has 126 valence electrons. The van der Waals surface area contributed by atoms with Crippen molar-refractivity contribution in [1.82, 2.24) is 9.97 Å². The summed E-state index contributed by atoms with van der Waals surface area (Å²) in [6, 6.07) is 8.65. The van der Waals surface area contributed by atoms with Crippen LogP contribution in [0.1, 0.15) is 35.9 Å². The second kappa shape index (κ2) is 6.01. The molecule has 1 spiro atoms. The molecule has 5 heteroatoms. The minimum absolute atomic E-state index is 0.217. The first-order chi connectivity index (χ1) is 11.6. The van der Waals surface area contributed by atoms with E-state index in [1.54, 1.807) is 0 Å². The Morgan fingerprint density at radius 3 is 2.96 bits per heavy atom. The molecule has 0 saturated carbocycles. The summed E-state index contributed by atoms with van der Waals surface area (Å²) in [7, 11) is 0. The molecular formula is C19H22ClN3O. The third-order valence-electron chi connectivity index (χ3n) is 5.22. The SMILES string of the molecule is CCc1nc(Cl)c(C)c(N2CCOC3(CCc4ccccc43)C2)n1. The Morgan fingerprint density at radius 2 is 2.12 bits per heavy atom. The molecule has 1 fully saturated rings. The van der Waals surface area contributed by atoms with Crippen molar-refractivity contribution in [3.05, 3.63) is 51.9 Å². The van der Waals surface area contributed by atoms with E-state index in [2.05, 4.69) is 41.1 Å². The van der Waals surface area contributed by atoms with E-state index < -0.39 is 0 Å². The number of rotatable bonds is 2. The largest absolute Gasteiger partial charge is 0.367 e. The van der Waals surface area contributed by atoms with Crippen LogP contribution in [0.2, 0.25) is 5.15 Å². The molecule has 2 heterocycles. The van der Waals surface area contributed by atoms with Gasteiger partial charge in [0.1, 0.15) is 22.4 Å². The number of halogens is 1. The number of benzene rings is 1. The molecule has 1 aliphatic carbocycles. The van der Waals surface area contributed by atoms with E-state index in [0.717, 1.165) is 49.6 Å². The zero-order valence-corrected chi connectivity index (χ0v) is 14.9. The van der Waals surface area contributed by atoms with Crippen LogP contribution in [0.15, 0.2) is 24.3 Å². The maximum atomic E-state index is 6.34. The fourth-order valence-electron chi connectivity index (χ4n) is 3.92. The topological polar surface area (TPSA) is 38.2 Å². The second-order valence-electron chi connectivity index (χ2n) is 6.65. The Morgan fingerprint density at radius 1 is 1.29 bits per heavy atom. The average molecular weight is 344 g/mol. The van der Waals surface area contributed by atoms with Crippen LogP contribution < -0.4 is 4.90 Å². The summed E-state index contributed by atoms with van der Waals surface area (Å²) in [5.74, 6) is 1.76. The lowest BCUT2D eigenvalue weighted by atomic mass is 9.93. The van der Waals surface area contributed by atoms with E-state index in [1.807, 2.05) is 6.92 Å². The van der Waals surface area contributed by atoms with Crippen molar-refractivity contribution >= 4 is 17.4 Å². The number of nitrogens with zero attached hydrogens (tertiary/aromatic N) is 3. The first-order valence-electron chi connectivity index (χ1n) is 8.63. The zero-order valence-electron chi connectivity index (χ0n) is 14.2. The van der Waals surface area contributed by atoms with Crippen molar-refractivity contribution in [1.29, 1.82) is 0 Å². The molecule has 4 nitrogen and oxygen atoms in total. The van der Waals surface area contributed by atoms with Gasteiger partial charge >= 0.3 is 0 Å². The van der Waals surface area contributed by atoms with Gasteiger partial charge in [-0.2, -0.15) is 0 Å². The van der Waals surface area contributed by atoms with Gasteiger partial charge in [-0.25, -0.2) is 9.97 Å². The normalized spacial score (nSPS) is 22.9. The molecule has 24 heavy (non-hydrogen) atoms. The summed E-state index contributed by atoms with van der Waals surface area (Å²) in [5.41, 5.74) is 3.48. The zero-order chi connectivity index (χ0) is 16.7. The molecule has 1 aliphatic heterocycles. The Hall–Kier alpha value is -1.65. The second-order valence-corrected chi connectivity index (χ2v) is 7.01. The Balaban J connectivity index is 1.71. The lowest BCUT2D eigenvalue weighted by molar-refractivity contribution is -0.0594. The van der Waals surface area contributed by atoms with Gasteiger partial charge in [0, 0.05) is 18.5 Å². The van der Waals surface area contributed by atoms with Crippen LogP contribution in [0, 0.1) is 6.92 Å². The quantitative estimate of drug-likeness (QED) is 0.780. The van der Waals surface area contributed by atoms with Crippen molar-refractivity contribution in [3.63, 3.8) is 0 Å². The standard InChI is InChI=1S/C19H22ClN3O/c1-3-16-21-17(20)13(2)18(22-16)23-10-11-24-19(12-23)9-8-14-6-4-5-7-15(14)19/h4-7H,3,8-12H2,1-2H3. The van der Waals surface area contributed by atoms with E-state index in [0.29, 0.717) is 11.8 Å². The monoisotopic (exact) mass is 343 g/mol. The highest BCUT2D eigenvalue weighted by Gasteiger charge is 2.43. The number of anilines is 1. The molecule has 0 N–H and O–H groups in total. The highest BCUT2D eigenvalue weighted by molar-refractivity contribution is 6.30. The van der Waals surface area contributed by atoms with Crippen LogP contribution in [-0.2, 0) is 23.2 Å². The van der Waals surface area contributed by atoms with Crippen molar-refractivity contribution in [2.75, 3.05) is 24.6 Å². The highest BCUT2D eigenvalue weighted by atomic mass is 35.5. The predicted molar refractivity (Wildman–Crippen MR) is 95.8 cm³/mol. The molecule has 2 aromatic rings. The van der Waals surface area contributed by atoms with E-state index in [1.165, 1.54) is 11.1 Å². The highest BCUT2D eigenvalue weighted by Crippen LogP contribution is 2.43. The van der Waals surface area contributed by atoms with Gasteiger partial charge in [-0.05, 0) is 30.9 Å². The number of ether oxygens (including phenoxy) is 1. The molecule has 1 unspecified atom stereocenters. The number of aromatic nitrogens is 2. The maximum Gasteiger partial charge on any atom is 0.137 e. The van der Waals surface area contributed by atoms with Crippen molar-refractivity contribution in [2.24, 2.45) is 0 Å². The van der Waals surface area contributed by atoms with Crippen LogP contribution in [0.4, 0.5) is 5.82 Å². The van der Waals surface area contributed by atoms with E-state index >= 15 is 0 Å². The molecule has 1 aromatic carbocycles. The molecule has 2 aliphatic rings. The number of hydrogen-bond acceptors (Lipinski definition) is 4. The summed E-state index contributed by atoms with van der Waals surface area (Å²) in [6.45, 7) is 6.42. The smallest absolute Gasteiger partial charge is 0.137 e. The Labute approximate surface area is 147 Å². The molecule has 1 atom stereocenters. The van der Waals surface area contributed by atoms with Crippen LogP contribution in [0.5, 0.6) is 0 Å². The van der Waals surface area contributed by atoms with E-state index in [-0.39, 0.29) is 5.60 Å². The van der Waals surface area contributed by atoms with Crippen LogP contribution in [0.3, 0.4) is 0 Å². The van der Waals surface area contributed by atoms with Crippen molar-refractivity contribution in [2.45, 2.75) is 38.7 Å². The first kappa shape index (κ1) is 15.9. The van der Waals surface area contributed by atoms with E-state index in [9.17, 15) is 0 Å². The van der Waals surface area contributed by atoms with Gasteiger partial charge in [0.05, 0.1) is 13.2 Å². The summed E-state index contributed by atoms with van der Waals surface area (Å²) in [6.07, 6.45) is 2.89. The van der Waals surface area contributed by atoms with Crippen molar-refractivity contribution < 1.29 is 4.74 Å². The third-order valence-corrected chi connectivity index (χ3v) is 5.58. The van der Waals surface area contributed by atoms with Crippen LogP contribution in [0.25, 0.3) is 0 Å². The predicted octanol–water partition coefficient (Wildman–Crippen LogP) is 3.68. The summed E-state index contributed by atoms with van der Waals surface area (Å²) >= 11 is 6.34. The molecule has 0 amide bonds. The molecule has 1 saturated heterocycles.